The van der Waals surface area contributed by atoms with E-state index in [1.165, 1.54) is 17.0 Å². The van der Waals surface area contributed by atoms with E-state index < -0.39 is 10.8 Å². The third kappa shape index (κ3) is 2.97. The summed E-state index contributed by atoms with van der Waals surface area (Å²) in [5, 5.41) is 11.3. The summed E-state index contributed by atoms with van der Waals surface area (Å²) in [7, 11) is 0. The van der Waals surface area contributed by atoms with E-state index in [1.54, 1.807) is 0 Å². The van der Waals surface area contributed by atoms with Gasteiger partial charge in [0.1, 0.15) is 18.8 Å². The van der Waals surface area contributed by atoms with Crippen LogP contribution in [0, 0.1) is 16.0 Å². The Morgan fingerprint density at radius 3 is 2.29 bits per heavy atom. The van der Waals surface area contributed by atoms with E-state index in [1.807, 2.05) is 0 Å². The Morgan fingerprint density at radius 2 is 1.75 bits per heavy atom. The van der Waals surface area contributed by atoms with Crippen molar-refractivity contribution in [2.75, 3.05) is 26.3 Å². The number of nitro benzene ring substituents is 1. The van der Waals surface area contributed by atoms with Crippen molar-refractivity contribution >= 4 is 17.5 Å². The first kappa shape index (κ1) is 16.0. The maximum absolute atomic E-state index is 12.7. The Kier molecular flexibility index (Phi) is 4.24. The molecule has 2 aliphatic rings. The number of rotatable bonds is 3. The van der Waals surface area contributed by atoms with Gasteiger partial charge in [0.05, 0.1) is 11.0 Å². The zero-order chi connectivity index (χ0) is 17.3. The Morgan fingerprint density at radius 1 is 1.17 bits per heavy atom. The van der Waals surface area contributed by atoms with Gasteiger partial charge in [0.2, 0.25) is 5.91 Å². The number of nitrogens with zero attached hydrogens (tertiary/aromatic N) is 2. The van der Waals surface area contributed by atoms with Crippen LogP contribution in [0.1, 0.15) is 23.2 Å². The molecule has 0 unspecified atom stereocenters. The number of primary amides is 1. The minimum atomic E-state index is -0.609. The molecule has 2 aliphatic heterocycles. The van der Waals surface area contributed by atoms with Gasteiger partial charge >= 0.3 is 0 Å². The van der Waals surface area contributed by atoms with Crippen LogP contribution < -0.4 is 15.2 Å². The number of benzene rings is 1. The molecule has 0 atom stereocenters. The predicted molar refractivity (Wildman–Crippen MR) is 81.9 cm³/mol. The van der Waals surface area contributed by atoms with E-state index in [0.29, 0.717) is 44.9 Å². The topological polar surface area (TPSA) is 125 Å². The maximum Gasteiger partial charge on any atom is 0.286 e. The lowest BCUT2D eigenvalue weighted by Crippen LogP contribution is -2.41. The van der Waals surface area contributed by atoms with E-state index in [-0.39, 0.29) is 28.8 Å². The summed E-state index contributed by atoms with van der Waals surface area (Å²) < 4.78 is 10.7. The fourth-order valence-corrected chi connectivity index (χ4v) is 2.94. The fraction of sp³-hybridized carbons (Fsp3) is 0.467. The molecule has 2 N–H and O–H groups in total. The van der Waals surface area contributed by atoms with Gasteiger partial charge in [0, 0.05) is 25.1 Å². The number of hydrogen-bond acceptors (Lipinski definition) is 6. The van der Waals surface area contributed by atoms with Crippen LogP contribution >= 0.6 is 0 Å². The third-order valence-electron chi connectivity index (χ3n) is 4.27. The summed E-state index contributed by atoms with van der Waals surface area (Å²) >= 11 is 0. The molecule has 3 rings (SSSR count). The molecule has 2 heterocycles. The summed E-state index contributed by atoms with van der Waals surface area (Å²) in [6, 6.07) is 2.58. The molecule has 0 spiro atoms. The number of carbonyl (C=O) groups is 2. The number of likely N-dealkylation sites (tertiary alicyclic amines) is 1. The molecular weight excluding hydrogens is 318 g/mol. The number of piperidine rings is 1. The van der Waals surface area contributed by atoms with Crippen molar-refractivity contribution in [2.45, 2.75) is 12.8 Å². The lowest BCUT2D eigenvalue weighted by molar-refractivity contribution is -0.385. The van der Waals surface area contributed by atoms with Gasteiger partial charge in [0.25, 0.3) is 11.6 Å². The second-order valence-electron chi connectivity index (χ2n) is 5.74. The van der Waals surface area contributed by atoms with Gasteiger partial charge in [-0.1, -0.05) is 0 Å². The SMILES string of the molecule is NC(=O)C1CCN(C(=O)c2cc3c(cc2[N+](=O)[O-])OCCO3)CC1. The highest BCUT2D eigenvalue weighted by molar-refractivity contribution is 5.99. The molecule has 1 saturated heterocycles. The van der Waals surface area contributed by atoms with Crippen LogP contribution in [0.2, 0.25) is 0 Å². The predicted octanol–water partition coefficient (Wildman–Crippen LogP) is 0.703. The molecule has 0 radical (unpaired) electrons. The van der Waals surface area contributed by atoms with Crippen molar-refractivity contribution in [3.8, 4) is 11.5 Å². The number of nitrogens with two attached hydrogens (primary N) is 1. The summed E-state index contributed by atoms with van der Waals surface area (Å²) in [5.41, 5.74) is 4.92. The Labute approximate surface area is 137 Å². The van der Waals surface area contributed by atoms with Crippen molar-refractivity contribution in [1.82, 2.24) is 4.90 Å². The van der Waals surface area contributed by atoms with Crippen LogP contribution in [0.4, 0.5) is 5.69 Å². The standard InChI is InChI=1S/C15H17N3O6/c16-14(19)9-1-3-17(4-2-9)15(20)10-7-12-13(24-6-5-23-12)8-11(10)18(21)22/h7-9H,1-6H2,(H2,16,19). The van der Waals surface area contributed by atoms with Crippen LogP contribution in [0.25, 0.3) is 0 Å². The summed E-state index contributed by atoms with van der Waals surface area (Å²) in [6.45, 7) is 1.29. The quantitative estimate of drug-likeness (QED) is 0.640. The number of ether oxygens (including phenoxy) is 2. The Bertz CT molecular complexity index is 697. The normalized spacial score (nSPS) is 17.4. The average Bonchev–Trinajstić information content (AvgIpc) is 2.60. The molecule has 1 aromatic carbocycles. The van der Waals surface area contributed by atoms with E-state index in [2.05, 4.69) is 0 Å². The molecule has 1 aromatic rings. The van der Waals surface area contributed by atoms with Gasteiger partial charge in [-0.2, -0.15) is 0 Å². The fourth-order valence-electron chi connectivity index (χ4n) is 2.94. The highest BCUT2D eigenvalue weighted by Gasteiger charge is 2.32. The summed E-state index contributed by atoms with van der Waals surface area (Å²) in [5.74, 6) is -0.516. The van der Waals surface area contributed by atoms with Crippen molar-refractivity contribution in [2.24, 2.45) is 11.7 Å². The van der Waals surface area contributed by atoms with Crippen LogP contribution in [0.3, 0.4) is 0 Å². The molecule has 0 bridgehead atoms. The first-order valence-electron chi connectivity index (χ1n) is 7.64. The van der Waals surface area contributed by atoms with E-state index in [0.717, 1.165) is 0 Å². The molecule has 0 aromatic heterocycles. The number of amides is 2. The summed E-state index contributed by atoms with van der Waals surface area (Å²) in [4.78, 5) is 36.1. The van der Waals surface area contributed by atoms with Crippen LogP contribution in [0.15, 0.2) is 12.1 Å². The molecule has 24 heavy (non-hydrogen) atoms. The zero-order valence-electron chi connectivity index (χ0n) is 12.9. The molecule has 0 aliphatic carbocycles. The van der Waals surface area contributed by atoms with Gasteiger partial charge in [-0.15, -0.1) is 0 Å². The van der Waals surface area contributed by atoms with Crippen LogP contribution in [0.5, 0.6) is 11.5 Å². The number of nitro groups is 1. The Balaban J connectivity index is 1.86. The van der Waals surface area contributed by atoms with Crippen LogP contribution in [-0.2, 0) is 4.79 Å². The Hall–Kier alpha value is -2.84. The van der Waals surface area contributed by atoms with Gasteiger partial charge in [-0.3, -0.25) is 19.7 Å². The summed E-state index contributed by atoms with van der Waals surface area (Å²) in [6.07, 6.45) is 0.916. The van der Waals surface area contributed by atoms with E-state index in [4.69, 9.17) is 15.2 Å². The molecular formula is C15H17N3O6. The first-order chi connectivity index (χ1) is 11.5. The monoisotopic (exact) mass is 335 g/mol. The van der Waals surface area contributed by atoms with Crippen molar-refractivity contribution in [3.63, 3.8) is 0 Å². The molecule has 2 amide bonds. The van der Waals surface area contributed by atoms with Crippen LogP contribution in [-0.4, -0.2) is 47.9 Å². The molecule has 9 heteroatoms. The molecule has 9 nitrogen and oxygen atoms in total. The smallest absolute Gasteiger partial charge is 0.286 e. The van der Waals surface area contributed by atoms with E-state index in [9.17, 15) is 19.7 Å². The lowest BCUT2D eigenvalue weighted by Gasteiger charge is -2.30. The van der Waals surface area contributed by atoms with Gasteiger partial charge in [-0.25, -0.2) is 0 Å². The van der Waals surface area contributed by atoms with Gasteiger partial charge in [0.15, 0.2) is 11.5 Å². The minimum Gasteiger partial charge on any atom is -0.486 e. The molecule has 128 valence electrons. The van der Waals surface area contributed by atoms with Gasteiger partial charge in [-0.05, 0) is 12.8 Å². The first-order valence-corrected chi connectivity index (χ1v) is 7.64. The van der Waals surface area contributed by atoms with Crippen molar-refractivity contribution in [3.05, 3.63) is 27.8 Å². The second-order valence-corrected chi connectivity index (χ2v) is 5.74. The second kappa shape index (κ2) is 6.34. The van der Waals surface area contributed by atoms with Gasteiger partial charge < -0.3 is 20.1 Å². The number of carbonyl (C=O) groups excluding carboxylic acids is 2. The maximum atomic E-state index is 12.7. The number of hydrogen-bond donors (Lipinski definition) is 1. The largest absolute Gasteiger partial charge is 0.486 e. The average molecular weight is 335 g/mol. The molecule has 0 saturated carbocycles. The highest BCUT2D eigenvalue weighted by Crippen LogP contribution is 2.37. The van der Waals surface area contributed by atoms with E-state index >= 15 is 0 Å². The third-order valence-corrected chi connectivity index (χ3v) is 4.27. The van der Waals surface area contributed by atoms with Crippen molar-refractivity contribution < 1.29 is 24.0 Å². The minimum absolute atomic E-state index is 0.0400. The molecule has 1 fully saturated rings. The highest BCUT2D eigenvalue weighted by atomic mass is 16.6. The number of fused-ring (bicyclic) bond motifs is 1. The lowest BCUT2D eigenvalue weighted by atomic mass is 9.95. The van der Waals surface area contributed by atoms with Crippen molar-refractivity contribution in [1.29, 1.82) is 0 Å². The zero-order valence-corrected chi connectivity index (χ0v) is 12.9.